The average molecular weight is 291 g/mol. The van der Waals surface area contributed by atoms with Crippen molar-refractivity contribution in [1.82, 2.24) is 0 Å². The molecule has 1 amide bonds. The number of fused-ring (bicyclic) bond motifs is 1. The van der Waals surface area contributed by atoms with Crippen LogP contribution >= 0.6 is 0 Å². The Hall–Kier alpha value is -2.15. The summed E-state index contributed by atoms with van der Waals surface area (Å²) in [5, 5.41) is 27.0. The first-order chi connectivity index (χ1) is 9.97. The zero-order valence-corrected chi connectivity index (χ0v) is 11.5. The number of nitrogens with one attached hydrogen (secondary N) is 2. The quantitative estimate of drug-likeness (QED) is 0.579. The Balaban J connectivity index is 1.87. The average Bonchev–Trinajstić information content (AvgIpc) is 2.41. The molecule has 1 heterocycles. The van der Waals surface area contributed by atoms with Gasteiger partial charge >= 0.3 is 0 Å². The standard InChI is InChI=1S/C14H17N3O4/c18-13-3-2-9-6-12(17(20)21)11(7-10(9)16-13)15-8-14(19)4-1-5-14/h6-7,15,19H,1-5,8H2,(H,16,18). The van der Waals surface area contributed by atoms with Crippen LogP contribution in [-0.2, 0) is 11.2 Å². The van der Waals surface area contributed by atoms with Crippen molar-refractivity contribution in [2.45, 2.75) is 37.7 Å². The lowest BCUT2D eigenvalue weighted by atomic mass is 9.80. The van der Waals surface area contributed by atoms with Crippen LogP contribution < -0.4 is 10.6 Å². The summed E-state index contributed by atoms with van der Waals surface area (Å²) in [5.41, 5.74) is 0.927. The van der Waals surface area contributed by atoms with E-state index in [0.29, 0.717) is 37.1 Å². The third-order valence-corrected chi connectivity index (χ3v) is 4.21. The third-order valence-electron chi connectivity index (χ3n) is 4.21. The molecule has 7 heteroatoms. The molecular weight excluding hydrogens is 274 g/mol. The highest BCUT2D eigenvalue weighted by molar-refractivity contribution is 5.95. The number of amides is 1. The number of nitrogens with zero attached hydrogens (tertiary/aromatic N) is 1. The molecule has 1 aromatic carbocycles. The van der Waals surface area contributed by atoms with Crippen LogP contribution in [0.5, 0.6) is 0 Å². The van der Waals surface area contributed by atoms with Gasteiger partial charge in [-0.15, -0.1) is 0 Å². The molecular formula is C14H17N3O4. The summed E-state index contributed by atoms with van der Waals surface area (Å²) in [6, 6.07) is 3.09. The van der Waals surface area contributed by atoms with Gasteiger partial charge in [0.1, 0.15) is 5.69 Å². The van der Waals surface area contributed by atoms with Crippen LogP contribution in [0.2, 0.25) is 0 Å². The number of nitro groups is 1. The van der Waals surface area contributed by atoms with Gasteiger partial charge in [-0.1, -0.05) is 0 Å². The number of carbonyl (C=O) groups is 1. The van der Waals surface area contributed by atoms with E-state index in [1.165, 1.54) is 6.07 Å². The van der Waals surface area contributed by atoms with E-state index in [-0.39, 0.29) is 18.1 Å². The van der Waals surface area contributed by atoms with Gasteiger partial charge in [-0.3, -0.25) is 14.9 Å². The van der Waals surface area contributed by atoms with Crippen LogP contribution in [0.1, 0.15) is 31.2 Å². The molecule has 0 atom stereocenters. The van der Waals surface area contributed by atoms with Crippen molar-refractivity contribution in [3.05, 3.63) is 27.8 Å². The number of nitro benzene ring substituents is 1. The van der Waals surface area contributed by atoms with Crippen LogP contribution in [0.25, 0.3) is 0 Å². The van der Waals surface area contributed by atoms with Crippen LogP contribution in [0.4, 0.5) is 17.1 Å². The minimum Gasteiger partial charge on any atom is -0.388 e. The highest BCUT2D eigenvalue weighted by atomic mass is 16.6. The summed E-state index contributed by atoms with van der Waals surface area (Å²) < 4.78 is 0. The van der Waals surface area contributed by atoms with Crippen LogP contribution in [-0.4, -0.2) is 28.1 Å². The monoisotopic (exact) mass is 291 g/mol. The SMILES string of the molecule is O=C1CCc2cc([N+](=O)[O-])c(NCC3(O)CCC3)cc2N1. The van der Waals surface area contributed by atoms with E-state index in [9.17, 15) is 20.0 Å². The molecule has 0 unspecified atom stereocenters. The van der Waals surface area contributed by atoms with E-state index in [4.69, 9.17) is 0 Å². The summed E-state index contributed by atoms with van der Waals surface area (Å²) in [4.78, 5) is 22.2. The fourth-order valence-electron chi connectivity index (χ4n) is 2.73. The summed E-state index contributed by atoms with van der Waals surface area (Å²) in [5.74, 6) is -0.0834. The van der Waals surface area contributed by atoms with E-state index in [2.05, 4.69) is 10.6 Å². The Morgan fingerprint density at radius 1 is 1.38 bits per heavy atom. The second kappa shape index (κ2) is 5.00. The second-order valence-corrected chi connectivity index (χ2v) is 5.76. The van der Waals surface area contributed by atoms with Gasteiger partial charge in [0.2, 0.25) is 5.91 Å². The normalized spacial score (nSPS) is 19.2. The predicted octanol–water partition coefficient (Wildman–Crippen LogP) is 1.81. The highest BCUT2D eigenvalue weighted by Gasteiger charge is 2.34. The Labute approximate surface area is 121 Å². The van der Waals surface area contributed by atoms with E-state index in [1.54, 1.807) is 6.07 Å². The topological polar surface area (TPSA) is 104 Å². The molecule has 1 aromatic rings. The fourth-order valence-corrected chi connectivity index (χ4v) is 2.73. The molecule has 2 aliphatic rings. The molecule has 112 valence electrons. The first-order valence-corrected chi connectivity index (χ1v) is 7.04. The van der Waals surface area contributed by atoms with Crippen LogP contribution in [0, 0.1) is 10.1 Å². The summed E-state index contributed by atoms with van der Waals surface area (Å²) in [6.45, 7) is 0.278. The fraction of sp³-hybridized carbons (Fsp3) is 0.500. The van der Waals surface area contributed by atoms with Crippen molar-refractivity contribution in [2.24, 2.45) is 0 Å². The smallest absolute Gasteiger partial charge is 0.292 e. The lowest BCUT2D eigenvalue weighted by molar-refractivity contribution is -0.384. The molecule has 3 rings (SSSR count). The number of hydrogen-bond acceptors (Lipinski definition) is 5. The van der Waals surface area contributed by atoms with Gasteiger partial charge in [0.15, 0.2) is 0 Å². The molecule has 0 bridgehead atoms. The molecule has 0 saturated heterocycles. The van der Waals surface area contributed by atoms with Crippen molar-refractivity contribution in [1.29, 1.82) is 0 Å². The lowest BCUT2D eigenvalue weighted by Crippen LogP contribution is -2.43. The number of benzene rings is 1. The van der Waals surface area contributed by atoms with E-state index in [1.807, 2.05) is 0 Å². The van der Waals surface area contributed by atoms with E-state index in [0.717, 1.165) is 12.0 Å². The Morgan fingerprint density at radius 3 is 2.76 bits per heavy atom. The van der Waals surface area contributed by atoms with Gasteiger partial charge in [0.05, 0.1) is 10.5 Å². The molecule has 1 aliphatic carbocycles. The molecule has 0 spiro atoms. The number of aryl methyl sites for hydroxylation is 1. The van der Waals surface area contributed by atoms with Crippen LogP contribution in [0.15, 0.2) is 12.1 Å². The molecule has 0 radical (unpaired) electrons. The Bertz CT molecular complexity index is 610. The largest absolute Gasteiger partial charge is 0.388 e. The van der Waals surface area contributed by atoms with Crippen molar-refractivity contribution in [2.75, 3.05) is 17.2 Å². The molecule has 7 nitrogen and oxygen atoms in total. The van der Waals surface area contributed by atoms with Gasteiger partial charge < -0.3 is 15.7 Å². The van der Waals surface area contributed by atoms with Crippen molar-refractivity contribution in [3.8, 4) is 0 Å². The second-order valence-electron chi connectivity index (χ2n) is 5.76. The number of anilines is 2. The van der Waals surface area contributed by atoms with Crippen molar-refractivity contribution in [3.63, 3.8) is 0 Å². The summed E-state index contributed by atoms with van der Waals surface area (Å²) >= 11 is 0. The zero-order chi connectivity index (χ0) is 15.0. The minimum atomic E-state index is -0.771. The molecule has 1 saturated carbocycles. The minimum absolute atomic E-state index is 0.0205. The maximum Gasteiger partial charge on any atom is 0.292 e. The molecule has 21 heavy (non-hydrogen) atoms. The maximum absolute atomic E-state index is 11.4. The van der Waals surface area contributed by atoms with Crippen molar-refractivity contribution < 1.29 is 14.8 Å². The highest BCUT2D eigenvalue weighted by Crippen LogP contribution is 2.36. The van der Waals surface area contributed by atoms with Crippen molar-refractivity contribution >= 4 is 23.0 Å². The first-order valence-electron chi connectivity index (χ1n) is 7.04. The van der Waals surface area contributed by atoms with Crippen LogP contribution in [0.3, 0.4) is 0 Å². The first kappa shape index (κ1) is 13.8. The number of hydrogen-bond donors (Lipinski definition) is 3. The number of aliphatic hydroxyl groups is 1. The summed E-state index contributed by atoms with van der Waals surface area (Å²) in [7, 11) is 0. The number of rotatable bonds is 4. The molecule has 3 N–H and O–H groups in total. The number of carbonyl (C=O) groups excluding carboxylic acids is 1. The van der Waals surface area contributed by atoms with Gasteiger partial charge in [-0.05, 0) is 37.3 Å². The Morgan fingerprint density at radius 2 is 2.14 bits per heavy atom. The molecule has 1 fully saturated rings. The predicted molar refractivity (Wildman–Crippen MR) is 77.3 cm³/mol. The zero-order valence-electron chi connectivity index (χ0n) is 11.5. The lowest BCUT2D eigenvalue weighted by Gasteiger charge is -2.36. The Kier molecular flexibility index (Phi) is 3.29. The third kappa shape index (κ3) is 2.69. The van der Waals surface area contributed by atoms with E-state index >= 15 is 0 Å². The van der Waals surface area contributed by atoms with Gasteiger partial charge in [-0.25, -0.2) is 0 Å². The van der Waals surface area contributed by atoms with Gasteiger partial charge in [-0.2, -0.15) is 0 Å². The van der Waals surface area contributed by atoms with Gasteiger partial charge in [0, 0.05) is 24.7 Å². The molecule has 0 aromatic heterocycles. The molecule has 1 aliphatic heterocycles. The maximum atomic E-state index is 11.4. The van der Waals surface area contributed by atoms with Gasteiger partial charge in [0.25, 0.3) is 5.69 Å². The van der Waals surface area contributed by atoms with E-state index < -0.39 is 10.5 Å². The summed E-state index contributed by atoms with van der Waals surface area (Å²) in [6.07, 6.45) is 3.23.